The van der Waals surface area contributed by atoms with Gasteiger partial charge in [0.05, 0.1) is 11.6 Å². The highest BCUT2D eigenvalue weighted by Gasteiger charge is 2.30. The topological polar surface area (TPSA) is 32.3 Å². The Morgan fingerprint density at radius 3 is 2.40 bits per heavy atom. The predicted molar refractivity (Wildman–Crippen MR) is 94.0 cm³/mol. The Balaban J connectivity index is 1.96. The number of halogens is 4. The molecule has 0 unspecified atom stereocenters. The Hall–Kier alpha value is -2.02. The van der Waals surface area contributed by atoms with Crippen molar-refractivity contribution in [2.75, 3.05) is 7.05 Å². The molecule has 0 aliphatic carbocycles. The van der Waals surface area contributed by atoms with E-state index in [-0.39, 0.29) is 18.6 Å². The van der Waals surface area contributed by atoms with Crippen molar-refractivity contribution < 1.29 is 18.0 Å². The fraction of sp³-hybridized carbons (Fsp3) is 0.278. The molecule has 2 aromatic rings. The van der Waals surface area contributed by atoms with E-state index >= 15 is 0 Å². The minimum atomic E-state index is -4.36. The molecule has 25 heavy (non-hydrogen) atoms. The molecule has 0 bridgehead atoms. The van der Waals surface area contributed by atoms with Gasteiger partial charge >= 0.3 is 12.2 Å². The molecule has 0 aromatic heterocycles. The Labute approximate surface area is 153 Å². The molecule has 0 saturated carbocycles. The van der Waals surface area contributed by atoms with Crippen molar-refractivity contribution >= 4 is 22.0 Å². The lowest BCUT2D eigenvalue weighted by Gasteiger charge is -2.22. The molecule has 0 saturated heterocycles. The van der Waals surface area contributed by atoms with Crippen LogP contribution in [0.4, 0.5) is 18.0 Å². The third kappa shape index (κ3) is 5.49. The number of hydrogen-bond donors (Lipinski definition) is 1. The molecule has 134 valence electrons. The smallest absolute Gasteiger partial charge is 0.331 e. The van der Waals surface area contributed by atoms with Crippen LogP contribution in [0.1, 0.15) is 29.7 Å². The van der Waals surface area contributed by atoms with E-state index in [1.165, 1.54) is 17.0 Å². The van der Waals surface area contributed by atoms with Crippen molar-refractivity contribution in [3.8, 4) is 0 Å². The van der Waals surface area contributed by atoms with Crippen LogP contribution >= 0.6 is 15.9 Å². The second-order valence-electron chi connectivity index (χ2n) is 5.78. The van der Waals surface area contributed by atoms with Gasteiger partial charge in [-0.15, -0.1) is 0 Å². The molecule has 0 radical (unpaired) electrons. The highest BCUT2D eigenvalue weighted by atomic mass is 79.9. The Morgan fingerprint density at radius 1 is 1.20 bits per heavy atom. The summed E-state index contributed by atoms with van der Waals surface area (Å²) >= 11 is 3.39. The van der Waals surface area contributed by atoms with Crippen molar-refractivity contribution in [2.24, 2.45) is 0 Å². The van der Waals surface area contributed by atoms with Crippen LogP contribution in [-0.4, -0.2) is 18.0 Å². The van der Waals surface area contributed by atoms with E-state index in [1.54, 1.807) is 7.05 Å². The van der Waals surface area contributed by atoms with E-state index in [9.17, 15) is 18.0 Å². The summed E-state index contributed by atoms with van der Waals surface area (Å²) in [6, 6.07) is 11.9. The fourth-order valence-electron chi connectivity index (χ4n) is 2.30. The minimum absolute atomic E-state index is 0.194. The SMILES string of the molecule is C[C@H](NC(=O)N(C)Cc1ccc(C(F)(F)F)cc1)c1cccc(Br)c1. The first-order valence-corrected chi connectivity index (χ1v) is 8.39. The summed E-state index contributed by atoms with van der Waals surface area (Å²) in [6.07, 6.45) is -4.36. The largest absolute Gasteiger partial charge is 0.416 e. The maximum atomic E-state index is 12.6. The van der Waals surface area contributed by atoms with E-state index in [0.29, 0.717) is 5.56 Å². The van der Waals surface area contributed by atoms with Gasteiger partial charge in [-0.3, -0.25) is 0 Å². The van der Waals surface area contributed by atoms with Crippen LogP contribution in [0.3, 0.4) is 0 Å². The van der Waals surface area contributed by atoms with Crippen molar-refractivity contribution in [3.63, 3.8) is 0 Å². The zero-order chi connectivity index (χ0) is 18.6. The number of hydrogen-bond acceptors (Lipinski definition) is 1. The number of alkyl halides is 3. The van der Waals surface area contributed by atoms with Crippen LogP contribution in [0.15, 0.2) is 53.0 Å². The molecule has 0 aliphatic heterocycles. The summed E-state index contributed by atoms with van der Waals surface area (Å²) in [5, 5.41) is 2.87. The Kier molecular flexibility index (Phi) is 6.11. The highest BCUT2D eigenvalue weighted by Crippen LogP contribution is 2.29. The third-order valence-electron chi connectivity index (χ3n) is 3.74. The average Bonchev–Trinajstić information content (AvgIpc) is 2.54. The number of urea groups is 1. The monoisotopic (exact) mass is 414 g/mol. The van der Waals surface area contributed by atoms with Crippen molar-refractivity contribution in [1.29, 1.82) is 0 Å². The molecule has 1 atom stereocenters. The van der Waals surface area contributed by atoms with Gasteiger partial charge in [0.2, 0.25) is 0 Å². The van der Waals surface area contributed by atoms with E-state index < -0.39 is 11.7 Å². The summed E-state index contributed by atoms with van der Waals surface area (Å²) in [7, 11) is 1.60. The van der Waals surface area contributed by atoms with Crippen LogP contribution < -0.4 is 5.32 Å². The van der Waals surface area contributed by atoms with Crippen molar-refractivity contribution in [3.05, 3.63) is 69.7 Å². The van der Waals surface area contributed by atoms with Gasteiger partial charge in [0.1, 0.15) is 0 Å². The molecule has 2 amide bonds. The molecule has 0 aliphatic rings. The summed E-state index contributed by atoms with van der Waals surface area (Å²) in [6.45, 7) is 2.08. The molecular formula is C18H18BrF3N2O. The lowest BCUT2D eigenvalue weighted by molar-refractivity contribution is -0.137. The first-order valence-electron chi connectivity index (χ1n) is 7.60. The maximum Gasteiger partial charge on any atom is 0.416 e. The number of benzene rings is 2. The minimum Gasteiger partial charge on any atom is -0.331 e. The number of carbonyl (C=O) groups is 1. The van der Waals surface area contributed by atoms with Gasteiger partial charge in [0.15, 0.2) is 0 Å². The molecule has 2 aromatic carbocycles. The molecule has 0 heterocycles. The number of carbonyl (C=O) groups excluding carboxylic acids is 1. The first kappa shape index (κ1) is 19.3. The quantitative estimate of drug-likeness (QED) is 0.716. The third-order valence-corrected chi connectivity index (χ3v) is 4.23. The fourth-order valence-corrected chi connectivity index (χ4v) is 2.72. The van der Waals surface area contributed by atoms with Crippen LogP contribution in [0, 0.1) is 0 Å². The van der Waals surface area contributed by atoms with Gasteiger partial charge in [-0.25, -0.2) is 4.79 Å². The maximum absolute atomic E-state index is 12.6. The standard InChI is InChI=1S/C18H18BrF3N2O/c1-12(14-4-3-5-16(19)10-14)23-17(25)24(2)11-13-6-8-15(9-7-13)18(20,21)22/h3-10,12H,11H2,1-2H3,(H,23,25)/t12-/m0/s1. The molecule has 0 fully saturated rings. The first-order chi connectivity index (χ1) is 11.7. The van der Waals surface area contributed by atoms with Crippen LogP contribution in [0.2, 0.25) is 0 Å². The molecule has 2 rings (SSSR count). The second-order valence-corrected chi connectivity index (χ2v) is 6.69. The number of nitrogens with one attached hydrogen (secondary N) is 1. The average molecular weight is 415 g/mol. The van der Waals surface area contributed by atoms with Gasteiger partial charge < -0.3 is 10.2 Å². The van der Waals surface area contributed by atoms with Gasteiger partial charge in [0, 0.05) is 18.1 Å². The van der Waals surface area contributed by atoms with Gasteiger partial charge in [-0.05, 0) is 42.3 Å². The van der Waals surface area contributed by atoms with Gasteiger partial charge in [-0.2, -0.15) is 13.2 Å². The van der Waals surface area contributed by atoms with Gasteiger partial charge in [-0.1, -0.05) is 40.2 Å². The normalized spacial score (nSPS) is 12.6. The number of amides is 2. The lowest BCUT2D eigenvalue weighted by Crippen LogP contribution is -2.38. The van der Waals surface area contributed by atoms with Gasteiger partial charge in [0.25, 0.3) is 0 Å². The van der Waals surface area contributed by atoms with E-state index in [4.69, 9.17) is 0 Å². The second kappa shape index (κ2) is 7.91. The van der Waals surface area contributed by atoms with Crippen LogP contribution in [-0.2, 0) is 12.7 Å². The Morgan fingerprint density at radius 2 is 1.84 bits per heavy atom. The summed E-state index contributed by atoms with van der Waals surface area (Å²) in [4.78, 5) is 13.7. The number of rotatable bonds is 4. The van der Waals surface area contributed by atoms with Crippen molar-refractivity contribution in [1.82, 2.24) is 10.2 Å². The predicted octanol–water partition coefficient (Wildman–Crippen LogP) is 5.37. The van der Waals surface area contributed by atoms with Crippen LogP contribution in [0.25, 0.3) is 0 Å². The number of nitrogens with zero attached hydrogens (tertiary/aromatic N) is 1. The van der Waals surface area contributed by atoms with E-state index in [2.05, 4.69) is 21.2 Å². The zero-order valence-corrected chi connectivity index (χ0v) is 15.4. The zero-order valence-electron chi connectivity index (χ0n) is 13.8. The van der Waals surface area contributed by atoms with Crippen LogP contribution in [0.5, 0.6) is 0 Å². The lowest BCUT2D eigenvalue weighted by atomic mass is 10.1. The Bertz CT molecular complexity index is 732. The van der Waals surface area contributed by atoms with E-state index in [1.807, 2.05) is 31.2 Å². The van der Waals surface area contributed by atoms with Crippen molar-refractivity contribution in [2.45, 2.75) is 25.7 Å². The molecule has 0 spiro atoms. The summed E-state index contributed by atoms with van der Waals surface area (Å²) in [5.74, 6) is 0. The molecule has 7 heteroatoms. The van der Waals surface area contributed by atoms with E-state index in [0.717, 1.165) is 22.2 Å². The summed E-state index contributed by atoms with van der Waals surface area (Å²) in [5.41, 5.74) is 0.873. The summed E-state index contributed by atoms with van der Waals surface area (Å²) < 4.78 is 38.6. The molecule has 3 nitrogen and oxygen atoms in total. The molecular weight excluding hydrogens is 397 g/mol. The highest BCUT2D eigenvalue weighted by molar-refractivity contribution is 9.10. The molecule has 1 N–H and O–H groups in total.